The Balaban J connectivity index is 2.56. The van der Waals surface area contributed by atoms with E-state index < -0.39 is 0 Å². The fourth-order valence-electron chi connectivity index (χ4n) is 3.64. The molecule has 0 aromatic carbocycles. The number of nitrogens with zero attached hydrogens (tertiary/aromatic N) is 4. The molecule has 1 aliphatic rings. The Bertz CT molecular complexity index is 786. The van der Waals surface area contributed by atoms with Crippen LogP contribution in [-0.4, -0.2) is 54.8 Å². The maximum absolute atomic E-state index is 8.12. The van der Waals surface area contributed by atoms with Crippen LogP contribution in [0.3, 0.4) is 0 Å². The molecule has 1 aromatic heterocycles. The van der Waals surface area contributed by atoms with Gasteiger partial charge in [-0.25, -0.2) is 0 Å². The third kappa shape index (κ3) is 6.19. The summed E-state index contributed by atoms with van der Waals surface area (Å²) in [5.41, 5.74) is 4.44. The third-order valence-electron chi connectivity index (χ3n) is 5.19. The van der Waals surface area contributed by atoms with Crippen LogP contribution in [0.25, 0.3) is 0 Å². The summed E-state index contributed by atoms with van der Waals surface area (Å²) in [7, 11) is 0. The average Bonchev–Trinajstić information content (AvgIpc) is 2.73. The minimum absolute atomic E-state index is 0.224. The van der Waals surface area contributed by atoms with Crippen molar-refractivity contribution in [3.05, 3.63) is 53.0 Å². The molecule has 0 radical (unpaired) electrons. The van der Waals surface area contributed by atoms with Gasteiger partial charge in [-0.05, 0) is 49.2 Å². The number of nitrogens with one attached hydrogen (secondary N) is 2. The van der Waals surface area contributed by atoms with Gasteiger partial charge in [0.25, 0.3) is 0 Å². The maximum Gasteiger partial charge on any atom is 0.133 e. The van der Waals surface area contributed by atoms with Gasteiger partial charge in [0.05, 0.1) is 12.2 Å². The molecule has 1 aromatic rings. The summed E-state index contributed by atoms with van der Waals surface area (Å²) in [5, 5.41) is 11.5. The van der Waals surface area contributed by atoms with Gasteiger partial charge in [0, 0.05) is 49.9 Å². The van der Waals surface area contributed by atoms with Gasteiger partial charge in [0.2, 0.25) is 0 Å². The molecule has 0 bridgehead atoms. The highest BCUT2D eigenvalue weighted by molar-refractivity contribution is 6.06. The highest BCUT2D eigenvalue weighted by Gasteiger charge is 2.24. The lowest BCUT2D eigenvalue weighted by molar-refractivity contribution is 0.356. The highest BCUT2D eigenvalue weighted by atomic mass is 15.2. The second kappa shape index (κ2) is 11.4. The number of allylic oxidation sites excluding steroid dienone is 1. The molecular formula is C23H34N6. The van der Waals surface area contributed by atoms with Crippen LogP contribution >= 0.6 is 0 Å². The minimum atomic E-state index is 0.224. The van der Waals surface area contributed by atoms with Gasteiger partial charge in [-0.2, -0.15) is 0 Å². The molecule has 2 heterocycles. The SMILES string of the molecule is C=NC(=C)/C(C(=NCc1ccnc(C)c1)N1CCNCC1)=C(\C=N)C(C)CCC. The molecule has 6 nitrogen and oxygen atoms in total. The van der Waals surface area contributed by atoms with E-state index >= 15 is 0 Å². The van der Waals surface area contributed by atoms with Gasteiger partial charge >= 0.3 is 0 Å². The van der Waals surface area contributed by atoms with Gasteiger partial charge in [-0.1, -0.05) is 26.8 Å². The summed E-state index contributed by atoms with van der Waals surface area (Å²) in [5.74, 6) is 1.09. The number of piperazine rings is 1. The van der Waals surface area contributed by atoms with Crippen LogP contribution < -0.4 is 5.32 Å². The molecule has 1 unspecified atom stereocenters. The number of aliphatic imine (C=N–C) groups is 2. The van der Waals surface area contributed by atoms with Gasteiger partial charge in [0.1, 0.15) is 5.84 Å². The fourth-order valence-corrected chi connectivity index (χ4v) is 3.64. The zero-order chi connectivity index (χ0) is 21.2. The van der Waals surface area contributed by atoms with E-state index in [2.05, 4.69) is 53.4 Å². The normalized spacial score (nSPS) is 16.8. The van der Waals surface area contributed by atoms with E-state index in [4.69, 9.17) is 10.4 Å². The maximum atomic E-state index is 8.12. The van der Waals surface area contributed by atoms with Crippen molar-refractivity contribution < 1.29 is 0 Å². The molecule has 0 saturated carbocycles. The fraction of sp³-hybridized carbons (Fsp3) is 0.478. The topological polar surface area (TPSA) is 76.7 Å². The zero-order valence-electron chi connectivity index (χ0n) is 18.0. The predicted octanol–water partition coefficient (Wildman–Crippen LogP) is 3.79. The first-order valence-electron chi connectivity index (χ1n) is 10.3. The minimum Gasteiger partial charge on any atom is -0.354 e. The number of hydrogen-bond acceptors (Lipinski definition) is 5. The van der Waals surface area contributed by atoms with Crippen LogP contribution in [0, 0.1) is 18.3 Å². The van der Waals surface area contributed by atoms with Crippen molar-refractivity contribution in [2.45, 2.75) is 40.2 Å². The quantitative estimate of drug-likeness (QED) is 0.380. The monoisotopic (exact) mass is 394 g/mol. The molecule has 1 fully saturated rings. The van der Waals surface area contributed by atoms with E-state index in [1.807, 2.05) is 19.2 Å². The van der Waals surface area contributed by atoms with E-state index in [1.165, 1.54) is 6.21 Å². The number of hydrogen-bond donors (Lipinski definition) is 2. The molecule has 1 aliphatic heterocycles. The summed E-state index contributed by atoms with van der Waals surface area (Å²) in [4.78, 5) is 15.7. The lowest BCUT2D eigenvalue weighted by atomic mass is 9.90. The summed E-state index contributed by atoms with van der Waals surface area (Å²) < 4.78 is 0. The van der Waals surface area contributed by atoms with Crippen LogP contribution in [0.2, 0.25) is 0 Å². The third-order valence-corrected chi connectivity index (χ3v) is 5.19. The van der Waals surface area contributed by atoms with Crippen LogP contribution in [0.15, 0.2) is 51.7 Å². The van der Waals surface area contributed by atoms with Crippen molar-refractivity contribution in [3.63, 3.8) is 0 Å². The summed E-state index contributed by atoms with van der Waals surface area (Å²) in [6.45, 7) is 18.2. The summed E-state index contributed by atoms with van der Waals surface area (Å²) in [6.07, 6.45) is 5.31. The largest absolute Gasteiger partial charge is 0.354 e. The van der Waals surface area contributed by atoms with Crippen LogP contribution in [0.1, 0.15) is 37.9 Å². The molecule has 6 heteroatoms. The smallest absolute Gasteiger partial charge is 0.133 e. The molecule has 0 spiro atoms. The molecule has 156 valence electrons. The van der Waals surface area contributed by atoms with Gasteiger partial charge < -0.3 is 15.6 Å². The predicted molar refractivity (Wildman–Crippen MR) is 123 cm³/mol. The lowest BCUT2D eigenvalue weighted by Gasteiger charge is -2.33. The lowest BCUT2D eigenvalue weighted by Crippen LogP contribution is -2.47. The van der Waals surface area contributed by atoms with E-state index in [0.717, 1.165) is 67.3 Å². The van der Waals surface area contributed by atoms with E-state index in [-0.39, 0.29) is 5.92 Å². The van der Waals surface area contributed by atoms with Crippen molar-refractivity contribution in [2.75, 3.05) is 26.2 Å². The Morgan fingerprint density at radius 2 is 2.14 bits per heavy atom. The highest BCUT2D eigenvalue weighted by Crippen LogP contribution is 2.26. The first-order valence-corrected chi connectivity index (χ1v) is 10.3. The van der Waals surface area contributed by atoms with Crippen LogP contribution in [0.5, 0.6) is 0 Å². The number of pyridine rings is 1. The average molecular weight is 395 g/mol. The molecule has 2 N–H and O–H groups in total. The first kappa shape index (κ1) is 22.7. The molecule has 0 amide bonds. The summed E-state index contributed by atoms with van der Waals surface area (Å²) >= 11 is 0. The Labute approximate surface area is 175 Å². The van der Waals surface area contributed by atoms with Crippen molar-refractivity contribution in [2.24, 2.45) is 15.9 Å². The second-order valence-electron chi connectivity index (χ2n) is 7.45. The van der Waals surface area contributed by atoms with E-state index in [1.54, 1.807) is 0 Å². The van der Waals surface area contributed by atoms with Gasteiger partial charge in [-0.3, -0.25) is 15.0 Å². The Hall–Kier alpha value is -2.60. The zero-order valence-corrected chi connectivity index (χ0v) is 18.0. The van der Waals surface area contributed by atoms with Gasteiger partial charge in [0.15, 0.2) is 0 Å². The Morgan fingerprint density at radius 1 is 1.41 bits per heavy atom. The number of aryl methyl sites for hydroxylation is 1. The van der Waals surface area contributed by atoms with E-state index in [0.29, 0.717) is 12.2 Å². The Kier molecular flexibility index (Phi) is 8.93. The first-order chi connectivity index (χ1) is 14.0. The molecule has 1 saturated heterocycles. The van der Waals surface area contributed by atoms with Crippen molar-refractivity contribution in [1.29, 1.82) is 5.41 Å². The van der Waals surface area contributed by atoms with Crippen molar-refractivity contribution in [3.8, 4) is 0 Å². The van der Waals surface area contributed by atoms with Crippen LogP contribution in [0.4, 0.5) is 0 Å². The van der Waals surface area contributed by atoms with Crippen molar-refractivity contribution in [1.82, 2.24) is 15.2 Å². The van der Waals surface area contributed by atoms with Gasteiger partial charge in [-0.15, -0.1) is 0 Å². The van der Waals surface area contributed by atoms with Crippen LogP contribution in [-0.2, 0) is 6.54 Å². The standard InChI is InChI=1S/C23H34N6/c1-6-7-17(2)21(15-24)22(19(4)25-5)23(29-12-10-26-11-13-29)28-16-20-8-9-27-18(3)14-20/h8-9,14-15,17,24,26H,4-7,10-13,16H2,1-3H3/b22-21-,24-15?,28-23?. The molecule has 0 aliphatic carbocycles. The molecule has 29 heavy (non-hydrogen) atoms. The molecular weight excluding hydrogens is 360 g/mol. The number of amidine groups is 1. The molecule has 1 atom stereocenters. The summed E-state index contributed by atoms with van der Waals surface area (Å²) in [6, 6.07) is 4.05. The number of rotatable bonds is 9. The van der Waals surface area contributed by atoms with E-state index in [9.17, 15) is 0 Å². The van der Waals surface area contributed by atoms with Crippen molar-refractivity contribution >= 4 is 18.8 Å². The number of aromatic nitrogens is 1. The molecule has 2 rings (SSSR count). The second-order valence-corrected chi connectivity index (χ2v) is 7.45. The Morgan fingerprint density at radius 3 is 2.72 bits per heavy atom.